The van der Waals surface area contributed by atoms with E-state index in [2.05, 4.69) is 20.4 Å². The number of fused-ring (bicyclic) bond motifs is 2. The van der Waals surface area contributed by atoms with Crippen molar-refractivity contribution in [3.05, 3.63) is 66.4 Å². The standard InChI is InChI=1S/C19H11F3N6O5S/c20-19(21,22)14-7-15-27-34(30,31)13-6-11(8-23-17(13)33-28(15)26-14)25-16(29)18-24-9-12(32-18)10-4-2-1-3-5-10/h1-9,27H,(H,25,29). The molecule has 11 nitrogen and oxygen atoms in total. The van der Waals surface area contributed by atoms with Gasteiger partial charge < -0.3 is 14.6 Å². The molecule has 1 amide bonds. The SMILES string of the molecule is O=C(Nc1cnc2c(c1)S(=O)(=O)Nc1cc(C(F)(F)F)nn1O2)c1ncc(-c2ccccc2)o1. The van der Waals surface area contributed by atoms with Crippen molar-refractivity contribution in [3.63, 3.8) is 0 Å². The van der Waals surface area contributed by atoms with E-state index in [1.54, 1.807) is 24.3 Å². The fourth-order valence-electron chi connectivity index (χ4n) is 2.98. The second kappa shape index (κ2) is 7.58. The highest BCUT2D eigenvalue weighted by Crippen LogP contribution is 2.34. The molecule has 34 heavy (non-hydrogen) atoms. The summed E-state index contributed by atoms with van der Waals surface area (Å²) in [5.74, 6) is -1.86. The van der Waals surface area contributed by atoms with E-state index >= 15 is 0 Å². The number of carbonyl (C=O) groups excluding carboxylic acids is 1. The Morgan fingerprint density at radius 3 is 2.59 bits per heavy atom. The zero-order valence-corrected chi connectivity index (χ0v) is 17.4. The molecule has 174 valence electrons. The summed E-state index contributed by atoms with van der Waals surface area (Å²) < 4.78 is 71.5. The lowest BCUT2D eigenvalue weighted by Gasteiger charge is -2.08. The number of sulfonamides is 1. The number of rotatable bonds is 3. The first-order valence-corrected chi connectivity index (χ1v) is 10.8. The van der Waals surface area contributed by atoms with Gasteiger partial charge >= 0.3 is 12.1 Å². The van der Waals surface area contributed by atoms with E-state index in [-0.39, 0.29) is 11.6 Å². The molecule has 0 spiro atoms. The zero-order valence-electron chi connectivity index (χ0n) is 16.6. The molecule has 0 aliphatic carbocycles. The highest BCUT2D eigenvalue weighted by Gasteiger charge is 2.38. The topological polar surface area (TPSA) is 141 Å². The first-order valence-electron chi connectivity index (χ1n) is 9.31. The van der Waals surface area contributed by atoms with Crippen molar-refractivity contribution in [2.75, 3.05) is 10.0 Å². The quantitative estimate of drug-likeness (QED) is 0.444. The highest BCUT2D eigenvalue weighted by molar-refractivity contribution is 7.92. The van der Waals surface area contributed by atoms with Crippen LogP contribution in [0.1, 0.15) is 16.4 Å². The molecule has 0 saturated heterocycles. The van der Waals surface area contributed by atoms with Gasteiger partial charge in [0.05, 0.1) is 18.1 Å². The number of nitrogens with one attached hydrogen (secondary N) is 2. The van der Waals surface area contributed by atoms with Gasteiger partial charge in [-0.2, -0.15) is 13.2 Å². The summed E-state index contributed by atoms with van der Waals surface area (Å²) in [5, 5.41) is 5.60. The Morgan fingerprint density at radius 1 is 1.09 bits per heavy atom. The molecule has 0 bridgehead atoms. The van der Waals surface area contributed by atoms with Gasteiger partial charge in [-0.05, 0) is 6.07 Å². The molecule has 0 fully saturated rings. The molecule has 5 rings (SSSR count). The van der Waals surface area contributed by atoms with Gasteiger partial charge in [-0.1, -0.05) is 35.2 Å². The monoisotopic (exact) mass is 492 g/mol. The van der Waals surface area contributed by atoms with Gasteiger partial charge in [0.2, 0.25) is 0 Å². The molecular formula is C19H11F3N6O5S. The van der Waals surface area contributed by atoms with Crippen molar-refractivity contribution in [1.82, 2.24) is 19.9 Å². The van der Waals surface area contributed by atoms with Crippen LogP contribution < -0.4 is 14.9 Å². The molecule has 3 aromatic heterocycles. The summed E-state index contributed by atoms with van der Waals surface area (Å²) >= 11 is 0. The third kappa shape index (κ3) is 3.92. The van der Waals surface area contributed by atoms with E-state index in [1.165, 1.54) is 6.20 Å². The number of anilines is 2. The van der Waals surface area contributed by atoms with Crippen LogP contribution in [0.4, 0.5) is 24.7 Å². The van der Waals surface area contributed by atoms with Crippen LogP contribution in [0.15, 0.2) is 64.2 Å². The molecule has 0 saturated carbocycles. The minimum Gasteiger partial charge on any atom is -0.432 e. The molecule has 0 radical (unpaired) electrons. The largest absolute Gasteiger partial charge is 0.435 e. The number of benzene rings is 1. The molecule has 1 aliphatic heterocycles. The Morgan fingerprint density at radius 2 is 1.85 bits per heavy atom. The Labute approximate surface area is 188 Å². The maximum Gasteiger partial charge on any atom is 0.435 e. The number of aromatic nitrogens is 4. The molecule has 4 heterocycles. The summed E-state index contributed by atoms with van der Waals surface area (Å²) in [4.78, 5) is 25.2. The van der Waals surface area contributed by atoms with Crippen LogP contribution in [0.3, 0.4) is 0 Å². The van der Waals surface area contributed by atoms with Crippen LogP contribution in [0, 0.1) is 0 Å². The molecule has 2 N–H and O–H groups in total. The van der Waals surface area contributed by atoms with Gasteiger partial charge in [0.25, 0.3) is 21.8 Å². The van der Waals surface area contributed by atoms with Gasteiger partial charge in [0, 0.05) is 11.6 Å². The van der Waals surface area contributed by atoms with Crippen LogP contribution in [-0.2, 0) is 16.2 Å². The maximum absolute atomic E-state index is 12.9. The maximum atomic E-state index is 12.9. The van der Waals surface area contributed by atoms with Crippen molar-refractivity contribution < 1.29 is 35.6 Å². The highest BCUT2D eigenvalue weighted by atomic mass is 32.2. The molecule has 15 heteroatoms. The Kier molecular flexibility index (Phi) is 4.78. The first-order chi connectivity index (χ1) is 16.1. The third-order valence-electron chi connectivity index (χ3n) is 4.50. The molecule has 1 aliphatic rings. The summed E-state index contributed by atoms with van der Waals surface area (Å²) in [7, 11) is -4.43. The predicted molar refractivity (Wildman–Crippen MR) is 108 cm³/mol. The molecule has 0 unspecified atom stereocenters. The summed E-state index contributed by atoms with van der Waals surface area (Å²) in [5.41, 5.74) is -0.729. The number of halogens is 3. The number of hydrogen-bond acceptors (Lipinski definition) is 8. The van der Waals surface area contributed by atoms with Gasteiger partial charge in [0.15, 0.2) is 22.2 Å². The molecule has 1 aromatic carbocycles. The van der Waals surface area contributed by atoms with E-state index in [4.69, 9.17) is 9.25 Å². The average Bonchev–Trinajstić information content (AvgIpc) is 3.41. The first kappa shape index (κ1) is 21.4. The van der Waals surface area contributed by atoms with Crippen LogP contribution in [0.2, 0.25) is 0 Å². The van der Waals surface area contributed by atoms with Crippen molar-refractivity contribution in [2.24, 2.45) is 0 Å². The van der Waals surface area contributed by atoms with E-state index in [1.807, 2.05) is 10.8 Å². The Hall–Kier alpha value is -4.40. The fourth-order valence-corrected chi connectivity index (χ4v) is 4.10. The lowest BCUT2D eigenvalue weighted by Crippen LogP contribution is -2.15. The van der Waals surface area contributed by atoms with Gasteiger partial charge in [-0.15, -0.1) is 5.10 Å². The normalized spacial score (nSPS) is 14.2. The fraction of sp³-hybridized carbons (Fsp3) is 0.0526. The third-order valence-corrected chi connectivity index (χ3v) is 5.85. The minimum absolute atomic E-state index is 0.0623. The molecule has 0 atom stereocenters. The van der Waals surface area contributed by atoms with Gasteiger partial charge in [-0.3, -0.25) is 9.52 Å². The van der Waals surface area contributed by atoms with Crippen molar-refractivity contribution >= 4 is 27.4 Å². The van der Waals surface area contributed by atoms with E-state index in [0.29, 0.717) is 22.2 Å². The Bertz CT molecular complexity index is 1510. The molecule has 4 aromatic rings. The second-order valence-electron chi connectivity index (χ2n) is 6.86. The Balaban J connectivity index is 1.41. The van der Waals surface area contributed by atoms with E-state index < -0.39 is 44.4 Å². The lowest BCUT2D eigenvalue weighted by molar-refractivity contribution is -0.142. The number of pyridine rings is 1. The van der Waals surface area contributed by atoms with Crippen molar-refractivity contribution in [1.29, 1.82) is 0 Å². The van der Waals surface area contributed by atoms with Crippen molar-refractivity contribution in [2.45, 2.75) is 11.1 Å². The van der Waals surface area contributed by atoms with Gasteiger partial charge in [-0.25, -0.2) is 18.4 Å². The molecular weight excluding hydrogens is 481 g/mol. The average molecular weight is 492 g/mol. The van der Waals surface area contributed by atoms with E-state index in [0.717, 1.165) is 12.3 Å². The van der Waals surface area contributed by atoms with Gasteiger partial charge in [0.1, 0.15) is 0 Å². The number of carbonyl (C=O) groups is 1. The smallest absolute Gasteiger partial charge is 0.432 e. The number of amides is 1. The van der Waals surface area contributed by atoms with Crippen LogP contribution in [0.25, 0.3) is 11.3 Å². The summed E-state index contributed by atoms with van der Waals surface area (Å²) in [6.07, 6.45) is -2.41. The number of alkyl halides is 3. The summed E-state index contributed by atoms with van der Waals surface area (Å²) in [6, 6.07) is 10.4. The zero-order chi connectivity index (χ0) is 24.1. The predicted octanol–water partition coefficient (Wildman–Crippen LogP) is 3.16. The lowest BCUT2D eigenvalue weighted by atomic mass is 10.2. The van der Waals surface area contributed by atoms with E-state index in [9.17, 15) is 26.4 Å². The van der Waals surface area contributed by atoms with Crippen LogP contribution >= 0.6 is 0 Å². The van der Waals surface area contributed by atoms with Crippen molar-refractivity contribution in [3.8, 4) is 17.2 Å². The number of hydrogen-bond donors (Lipinski definition) is 2. The van der Waals surface area contributed by atoms with Crippen LogP contribution in [0.5, 0.6) is 5.88 Å². The number of nitrogens with zero attached hydrogens (tertiary/aromatic N) is 4. The second-order valence-corrected chi connectivity index (χ2v) is 8.51. The number of oxazole rings is 1. The van der Waals surface area contributed by atoms with Crippen LogP contribution in [-0.4, -0.2) is 34.2 Å². The summed E-state index contributed by atoms with van der Waals surface area (Å²) in [6.45, 7) is 0. The minimum atomic E-state index is -4.82.